The highest BCUT2D eigenvalue weighted by molar-refractivity contribution is 6.09. The summed E-state index contributed by atoms with van der Waals surface area (Å²) in [7, 11) is 0. The zero-order chi connectivity index (χ0) is 13.0. The topological polar surface area (TPSA) is 29.5 Å². The Hall–Kier alpha value is -1.79. The molecule has 0 amide bonds. The van der Waals surface area contributed by atoms with E-state index in [9.17, 15) is 4.79 Å². The van der Waals surface area contributed by atoms with Crippen molar-refractivity contribution >= 4 is 5.78 Å². The number of hydrogen-bond acceptors (Lipinski definition) is 3. The van der Waals surface area contributed by atoms with Crippen LogP contribution in [0.25, 0.3) is 0 Å². The van der Waals surface area contributed by atoms with Crippen molar-refractivity contribution in [2.45, 2.75) is 13.8 Å². The van der Waals surface area contributed by atoms with Crippen LogP contribution in [0.5, 0.6) is 0 Å². The highest BCUT2D eigenvalue weighted by atomic mass is 16.5. The number of aryl methyl sites for hydroxylation is 2. The number of carbonyl (C=O) groups excluding carboxylic acids is 1. The summed E-state index contributed by atoms with van der Waals surface area (Å²) in [5.41, 5.74) is 2.84. The largest absolute Gasteiger partial charge is 0.378 e. The lowest BCUT2D eigenvalue weighted by atomic mass is 10.0. The molecule has 3 heteroatoms. The lowest BCUT2D eigenvalue weighted by Crippen LogP contribution is -2.32. The molecule has 0 bridgehead atoms. The lowest BCUT2D eigenvalue weighted by molar-refractivity contribution is 0.0637. The van der Waals surface area contributed by atoms with Crippen molar-refractivity contribution in [1.82, 2.24) is 4.90 Å². The van der Waals surface area contributed by atoms with E-state index < -0.39 is 0 Å². The first-order chi connectivity index (χ1) is 8.66. The first kappa shape index (κ1) is 12.7. The maximum absolute atomic E-state index is 12.0. The maximum atomic E-state index is 12.0. The van der Waals surface area contributed by atoms with E-state index >= 15 is 0 Å². The van der Waals surface area contributed by atoms with Crippen LogP contribution in [0.1, 0.15) is 21.5 Å². The van der Waals surface area contributed by atoms with Crippen LogP contribution in [0.3, 0.4) is 0 Å². The zero-order valence-corrected chi connectivity index (χ0v) is 10.8. The van der Waals surface area contributed by atoms with Gasteiger partial charge in [-0.15, -0.1) is 0 Å². The van der Waals surface area contributed by atoms with Gasteiger partial charge in [0.25, 0.3) is 0 Å². The number of ether oxygens (including phenoxy) is 1. The molecule has 1 fully saturated rings. The highest BCUT2D eigenvalue weighted by Gasteiger charge is 2.08. The average Bonchev–Trinajstić information content (AvgIpc) is 2.37. The third-order valence-corrected chi connectivity index (χ3v) is 2.97. The van der Waals surface area contributed by atoms with Crippen LogP contribution >= 0.6 is 0 Å². The Balaban J connectivity index is 2.09. The molecule has 1 heterocycles. The minimum absolute atomic E-state index is 0.112. The molecule has 1 aromatic carbocycles. The predicted molar refractivity (Wildman–Crippen MR) is 70.4 cm³/mol. The minimum atomic E-state index is -0.112. The molecule has 1 aromatic rings. The predicted octanol–water partition coefficient (Wildman–Crippen LogP) is 1.78. The van der Waals surface area contributed by atoms with Crippen LogP contribution in [-0.4, -0.2) is 37.0 Å². The number of ketones is 1. The van der Waals surface area contributed by atoms with Gasteiger partial charge in [-0.3, -0.25) is 4.79 Å². The van der Waals surface area contributed by atoms with E-state index in [1.54, 1.807) is 0 Å². The van der Waals surface area contributed by atoms with Crippen LogP contribution in [0.15, 0.2) is 18.2 Å². The van der Waals surface area contributed by atoms with Gasteiger partial charge < -0.3 is 9.64 Å². The molecule has 94 valence electrons. The van der Waals surface area contributed by atoms with Gasteiger partial charge in [-0.1, -0.05) is 17.7 Å². The van der Waals surface area contributed by atoms with Crippen molar-refractivity contribution in [2.75, 3.05) is 26.3 Å². The second kappa shape index (κ2) is 5.70. The zero-order valence-electron chi connectivity index (χ0n) is 10.8. The highest BCUT2D eigenvalue weighted by Crippen LogP contribution is 2.10. The third kappa shape index (κ3) is 3.12. The molecule has 0 N–H and O–H groups in total. The standard InChI is InChI=1S/C15H17NO2/c1-12-3-4-14(13(2)11-12)15(17)5-6-16-7-9-18-10-8-16/h3-4,11H,7-10H2,1-2H3. The molecule has 0 unspecified atom stereocenters. The fraction of sp³-hybridized carbons (Fsp3) is 0.400. The van der Waals surface area contributed by atoms with Gasteiger partial charge in [0.1, 0.15) is 0 Å². The molecule has 0 saturated carbocycles. The van der Waals surface area contributed by atoms with E-state index in [-0.39, 0.29) is 5.78 Å². The van der Waals surface area contributed by atoms with E-state index in [0.717, 1.165) is 24.2 Å². The van der Waals surface area contributed by atoms with Crippen LogP contribution in [0.2, 0.25) is 0 Å². The number of carbonyl (C=O) groups is 1. The molecule has 0 spiro atoms. The smallest absolute Gasteiger partial charge is 0.237 e. The van der Waals surface area contributed by atoms with Crippen molar-refractivity contribution in [1.29, 1.82) is 0 Å². The molecule has 1 aliphatic heterocycles. The number of Topliss-reactive ketones (excluding diaryl/α,β-unsaturated/α-hetero) is 1. The summed E-state index contributed by atoms with van der Waals surface area (Å²) < 4.78 is 5.23. The van der Waals surface area contributed by atoms with E-state index in [1.807, 2.05) is 36.9 Å². The summed E-state index contributed by atoms with van der Waals surface area (Å²) in [6.07, 6.45) is 0. The Morgan fingerprint density at radius 3 is 2.67 bits per heavy atom. The van der Waals surface area contributed by atoms with Gasteiger partial charge in [0, 0.05) is 24.7 Å². The van der Waals surface area contributed by atoms with Gasteiger partial charge in [0.15, 0.2) is 0 Å². The molecule has 18 heavy (non-hydrogen) atoms. The number of benzene rings is 1. The van der Waals surface area contributed by atoms with Gasteiger partial charge in [-0.05, 0) is 31.4 Å². The number of nitrogens with zero attached hydrogens (tertiary/aromatic N) is 1. The van der Waals surface area contributed by atoms with Crippen LogP contribution in [0.4, 0.5) is 0 Å². The molecular formula is C15H17NO2. The summed E-state index contributed by atoms with van der Waals surface area (Å²) in [6.45, 7) is 6.87. The van der Waals surface area contributed by atoms with E-state index in [1.165, 1.54) is 0 Å². The fourth-order valence-electron chi connectivity index (χ4n) is 1.94. The molecule has 1 saturated heterocycles. The number of rotatable bonds is 1. The molecule has 0 atom stereocenters. The number of morpholine rings is 1. The quantitative estimate of drug-likeness (QED) is 0.556. The van der Waals surface area contributed by atoms with Crippen LogP contribution in [-0.2, 0) is 4.74 Å². The fourth-order valence-corrected chi connectivity index (χ4v) is 1.94. The third-order valence-electron chi connectivity index (χ3n) is 2.97. The van der Waals surface area contributed by atoms with Crippen LogP contribution in [0, 0.1) is 25.8 Å². The SMILES string of the molecule is Cc1ccc(C(=O)C#CN2CCOCC2)c(C)c1. The summed E-state index contributed by atoms with van der Waals surface area (Å²) in [6, 6.07) is 8.71. The molecule has 0 radical (unpaired) electrons. The van der Waals surface area contributed by atoms with Crippen molar-refractivity contribution in [3.8, 4) is 12.0 Å². The average molecular weight is 243 g/mol. The van der Waals surface area contributed by atoms with Crippen molar-refractivity contribution in [3.05, 3.63) is 34.9 Å². The molecule has 1 aliphatic rings. The molecule has 0 aromatic heterocycles. The van der Waals surface area contributed by atoms with Crippen molar-refractivity contribution in [2.24, 2.45) is 0 Å². The Morgan fingerprint density at radius 2 is 2.00 bits per heavy atom. The Labute approximate surface area is 108 Å². The Morgan fingerprint density at radius 1 is 1.28 bits per heavy atom. The Kier molecular flexibility index (Phi) is 4.01. The van der Waals surface area contributed by atoms with Crippen molar-refractivity contribution < 1.29 is 9.53 Å². The normalized spacial score (nSPS) is 14.9. The molecule has 2 rings (SSSR count). The first-order valence-corrected chi connectivity index (χ1v) is 6.13. The van der Waals surface area contributed by atoms with Gasteiger partial charge in [0.2, 0.25) is 5.78 Å². The van der Waals surface area contributed by atoms with E-state index in [0.29, 0.717) is 18.8 Å². The van der Waals surface area contributed by atoms with E-state index in [2.05, 4.69) is 12.0 Å². The first-order valence-electron chi connectivity index (χ1n) is 6.13. The summed E-state index contributed by atoms with van der Waals surface area (Å²) in [5, 5.41) is 0. The molecule has 3 nitrogen and oxygen atoms in total. The maximum Gasteiger partial charge on any atom is 0.237 e. The Bertz CT molecular complexity index is 505. The van der Waals surface area contributed by atoms with Crippen molar-refractivity contribution in [3.63, 3.8) is 0 Å². The van der Waals surface area contributed by atoms with Gasteiger partial charge in [-0.2, -0.15) is 0 Å². The second-order valence-corrected chi connectivity index (χ2v) is 4.48. The second-order valence-electron chi connectivity index (χ2n) is 4.48. The molecular weight excluding hydrogens is 226 g/mol. The van der Waals surface area contributed by atoms with Gasteiger partial charge >= 0.3 is 0 Å². The summed E-state index contributed by atoms with van der Waals surface area (Å²) >= 11 is 0. The van der Waals surface area contributed by atoms with Gasteiger partial charge in [-0.25, -0.2) is 0 Å². The van der Waals surface area contributed by atoms with Crippen LogP contribution < -0.4 is 0 Å². The minimum Gasteiger partial charge on any atom is -0.378 e. The monoisotopic (exact) mass is 243 g/mol. The van der Waals surface area contributed by atoms with E-state index in [4.69, 9.17) is 4.74 Å². The lowest BCUT2D eigenvalue weighted by Gasteiger charge is -2.22. The summed E-state index contributed by atoms with van der Waals surface area (Å²) in [5.74, 6) is 2.60. The number of hydrogen-bond donors (Lipinski definition) is 0. The van der Waals surface area contributed by atoms with Gasteiger partial charge in [0.05, 0.1) is 13.2 Å². The molecule has 0 aliphatic carbocycles. The summed E-state index contributed by atoms with van der Waals surface area (Å²) in [4.78, 5) is 13.9.